The number of carboxylic acid groups (broad SMARTS) is 1. The van der Waals surface area contributed by atoms with E-state index in [2.05, 4.69) is 0 Å². The molecule has 5 nitrogen and oxygen atoms in total. The average Bonchev–Trinajstić information content (AvgIpc) is 2.41. The molecule has 0 aliphatic carbocycles. The van der Waals surface area contributed by atoms with Crippen molar-refractivity contribution in [3.05, 3.63) is 29.8 Å². The third kappa shape index (κ3) is 3.94. The fourth-order valence-electron chi connectivity index (χ4n) is 1.92. The smallest absolute Gasteiger partial charge is 0.194 e. The third-order valence-electron chi connectivity index (χ3n) is 2.90. The predicted molar refractivity (Wildman–Crippen MR) is 67.5 cm³/mol. The number of benzene rings is 1. The molecule has 0 aromatic heterocycles. The van der Waals surface area contributed by atoms with Crippen molar-refractivity contribution in [1.29, 1.82) is 0 Å². The molecule has 0 unspecified atom stereocenters. The maximum atomic E-state index is 10.6. The lowest BCUT2D eigenvalue weighted by molar-refractivity contribution is -0.309. The van der Waals surface area contributed by atoms with Crippen LogP contribution in [-0.2, 0) is 20.1 Å². The van der Waals surface area contributed by atoms with E-state index in [9.17, 15) is 9.90 Å². The number of aliphatic carboxylic acids is 1. The molecule has 1 aromatic rings. The Kier molecular flexibility index (Phi) is 5.79. The lowest BCUT2D eigenvalue weighted by Crippen LogP contribution is -2.34. The van der Waals surface area contributed by atoms with Gasteiger partial charge in [0.25, 0.3) is 0 Å². The Balaban J connectivity index is 3.02. The van der Waals surface area contributed by atoms with E-state index in [1.807, 2.05) is 25.1 Å². The number of methoxy groups -OCH3 is 2. The average molecular weight is 267 g/mol. The molecule has 0 fully saturated rings. The normalized spacial score (nSPS) is 11.3. The van der Waals surface area contributed by atoms with Crippen LogP contribution in [0.5, 0.6) is 5.75 Å². The van der Waals surface area contributed by atoms with Crippen molar-refractivity contribution in [1.82, 2.24) is 0 Å². The van der Waals surface area contributed by atoms with Gasteiger partial charge in [-0.3, -0.25) is 0 Å². The van der Waals surface area contributed by atoms with E-state index in [-0.39, 0.29) is 12.8 Å². The van der Waals surface area contributed by atoms with Crippen molar-refractivity contribution in [3.8, 4) is 5.75 Å². The van der Waals surface area contributed by atoms with Crippen LogP contribution in [0.1, 0.15) is 25.3 Å². The zero-order valence-electron chi connectivity index (χ0n) is 11.5. The van der Waals surface area contributed by atoms with Gasteiger partial charge in [-0.15, -0.1) is 0 Å². The van der Waals surface area contributed by atoms with Gasteiger partial charge in [0.2, 0.25) is 0 Å². The summed E-state index contributed by atoms with van der Waals surface area (Å²) in [5.74, 6) is -1.56. The van der Waals surface area contributed by atoms with Crippen LogP contribution in [0.3, 0.4) is 0 Å². The van der Waals surface area contributed by atoms with Crippen molar-refractivity contribution < 1.29 is 24.1 Å². The van der Waals surface area contributed by atoms with E-state index in [0.29, 0.717) is 17.9 Å². The first-order valence-corrected chi connectivity index (χ1v) is 6.11. The number of rotatable bonds is 8. The van der Waals surface area contributed by atoms with Gasteiger partial charge in [0.15, 0.2) is 5.79 Å². The van der Waals surface area contributed by atoms with Gasteiger partial charge in [-0.05, 0) is 25.5 Å². The van der Waals surface area contributed by atoms with E-state index in [1.54, 1.807) is 6.07 Å². The number of hydrogen-bond acceptors (Lipinski definition) is 5. The molecule has 0 spiro atoms. The topological polar surface area (TPSA) is 67.8 Å². The molecule has 1 aromatic carbocycles. The summed E-state index contributed by atoms with van der Waals surface area (Å²) in [6.07, 6.45) is 0.0124. The molecule has 0 heterocycles. The number of carbonyl (C=O) groups is 1. The van der Waals surface area contributed by atoms with Crippen LogP contribution in [0.25, 0.3) is 0 Å². The Morgan fingerprint density at radius 2 is 2.00 bits per heavy atom. The molecular formula is C14H19O5-. The maximum absolute atomic E-state index is 10.6. The minimum atomic E-state index is -1.14. The first-order valence-electron chi connectivity index (χ1n) is 6.11. The number of hydrogen-bond donors (Lipinski definition) is 0. The van der Waals surface area contributed by atoms with Crippen molar-refractivity contribution >= 4 is 5.97 Å². The van der Waals surface area contributed by atoms with Crippen molar-refractivity contribution in [2.75, 3.05) is 20.8 Å². The second-order valence-corrected chi connectivity index (χ2v) is 3.99. The van der Waals surface area contributed by atoms with Gasteiger partial charge in [-0.25, -0.2) is 0 Å². The highest BCUT2D eigenvalue weighted by Crippen LogP contribution is 2.33. The fraction of sp³-hybridized carbons (Fsp3) is 0.500. The summed E-state index contributed by atoms with van der Waals surface area (Å²) < 4.78 is 16.2. The van der Waals surface area contributed by atoms with Crippen LogP contribution >= 0.6 is 0 Å². The number of carbonyl (C=O) groups excluding carboxylic acids is 1. The summed E-state index contributed by atoms with van der Waals surface area (Å²) in [4.78, 5) is 10.6. The van der Waals surface area contributed by atoms with Gasteiger partial charge >= 0.3 is 0 Å². The van der Waals surface area contributed by atoms with Crippen LogP contribution in [0.4, 0.5) is 0 Å². The SMILES string of the molecule is CCOc1cccc(C(CCC(=O)[O-])(OC)OC)c1. The molecule has 5 heteroatoms. The molecule has 0 aliphatic rings. The zero-order valence-corrected chi connectivity index (χ0v) is 11.5. The summed E-state index contributed by atoms with van der Waals surface area (Å²) >= 11 is 0. The van der Waals surface area contributed by atoms with E-state index in [1.165, 1.54) is 14.2 Å². The maximum Gasteiger partial charge on any atom is 0.194 e. The lowest BCUT2D eigenvalue weighted by Gasteiger charge is -2.31. The minimum Gasteiger partial charge on any atom is -0.550 e. The minimum absolute atomic E-state index is 0.152. The molecule has 0 saturated carbocycles. The summed E-state index contributed by atoms with van der Waals surface area (Å²) in [5, 5.41) is 10.6. The van der Waals surface area contributed by atoms with Gasteiger partial charge in [0, 0.05) is 32.2 Å². The number of ether oxygens (including phenoxy) is 3. The van der Waals surface area contributed by atoms with Crippen molar-refractivity contribution in [2.45, 2.75) is 25.6 Å². The van der Waals surface area contributed by atoms with E-state index in [4.69, 9.17) is 14.2 Å². The molecule has 19 heavy (non-hydrogen) atoms. The summed E-state index contributed by atoms with van der Waals surface area (Å²) in [6, 6.07) is 7.23. The zero-order chi connectivity index (χ0) is 14.3. The Morgan fingerprint density at radius 1 is 1.32 bits per heavy atom. The van der Waals surface area contributed by atoms with E-state index in [0.717, 1.165) is 0 Å². The van der Waals surface area contributed by atoms with Crippen LogP contribution in [0.15, 0.2) is 24.3 Å². The van der Waals surface area contributed by atoms with Gasteiger partial charge in [0.1, 0.15) is 5.75 Å². The molecule has 0 amide bonds. The number of carboxylic acids is 1. The van der Waals surface area contributed by atoms with Crippen LogP contribution < -0.4 is 9.84 Å². The first kappa shape index (κ1) is 15.5. The molecule has 1 rings (SSSR count). The monoisotopic (exact) mass is 267 g/mol. The largest absolute Gasteiger partial charge is 0.550 e. The second kappa shape index (κ2) is 7.11. The van der Waals surface area contributed by atoms with Gasteiger partial charge in [0.05, 0.1) is 6.61 Å². The van der Waals surface area contributed by atoms with E-state index >= 15 is 0 Å². The fourth-order valence-corrected chi connectivity index (χ4v) is 1.92. The molecule has 106 valence electrons. The van der Waals surface area contributed by atoms with Crippen LogP contribution in [-0.4, -0.2) is 26.8 Å². The second-order valence-electron chi connectivity index (χ2n) is 3.99. The van der Waals surface area contributed by atoms with Crippen molar-refractivity contribution in [3.63, 3.8) is 0 Å². The van der Waals surface area contributed by atoms with Gasteiger partial charge < -0.3 is 24.1 Å². The highest BCUT2D eigenvalue weighted by atomic mass is 16.7. The molecule has 0 saturated heterocycles. The van der Waals surface area contributed by atoms with E-state index < -0.39 is 11.8 Å². The van der Waals surface area contributed by atoms with Crippen molar-refractivity contribution in [2.24, 2.45) is 0 Å². The Hall–Kier alpha value is -1.59. The summed E-state index contributed by atoms with van der Waals surface area (Å²) in [7, 11) is 2.96. The Labute approximate surface area is 113 Å². The molecule has 0 N–H and O–H groups in total. The summed E-state index contributed by atoms with van der Waals surface area (Å²) in [6.45, 7) is 2.44. The Bertz CT molecular complexity index is 412. The standard InChI is InChI=1S/C14H20O5/c1-4-19-12-7-5-6-11(10-12)14(17-2,18-3)9-8-13(15)16/h5-7,10H,4,8-9H2,1-3H3,(H,15,16)/p-1. The van der Waals surface area contributed by atoms with Gasteiger partial charge in [-0.2, -0.15) is 0 Å². The molecule has 0 aliphatic heterocycles. The lowest BCUT2D eigenvalue weighted by atomic mass is 10.00. The molecule has 0 atom stereocenters. The highest BCUT2D eigenvalue weighted by Gasteiger charge is 2.32. The Morgan fingerprint density at radius 3 is 2.53 bits per heavy atom. The van der Waals surface area contributed by atoms with Crippen LogP contribution in [0, 0.1) is 0 Å². The third-order valence-corrected chi connectivity index (χ3v) is 2.90. The van der Waals surface area contributed by atoms with Crippen LogP contribution in [0.2, 0.25) is 0 Å². The molecule has 0 bridgehead atoms. The summed E-state index contributed by atoms with van der Waals surface area (Å²) in [5.41, 5.74) is 0.713. The first-order chi connectivity index (χ1) is 9.07. The quantitative estimate of drug-likeness (QED) is 0.659. The molecule has 0 radical (unpaired) electrons. The highest BCUT2D eigenvalue weighted by molar-refractivity contribution is 5.64. The predicted octanol–water partition coefficient (Wildman–Crippen LogP) is 1.06. The van der Waals surface area contributed by atoms with Gasteiger partial charge in [-0.1, -0.05) is 12.1 Å². The molecular weight excluding hydrogens is 248 g/mol.